The van der Waals surface area contributed by atoms with Gasteiger partial charge in [0.2, 0.25) is 0 Å². The van der Waals surface area contributed by atoms with Crippen molar-refractivity contribution in [3.63, 3.8) is 0 Å². The number of amides is 1. The molecule has 0 aliphatic heterocycles. The number of hydrogen-bond acceptors (Lipinski definition) is 3. The molecule has 0 bridgehead atoms. The molecule has 1 unspecified atom stereocenters. The second-order valence-corrected chi connectivity index (χ2v) is 13.3. The van der Waals surface area contributed by atoms with Crippen molar-refractivity contribution in [2.45, 2.75) is 55.6 Å². The van der Waals surface area contributed by atoms with Gasteiger partial charge >= 0.3 is 198 Å². The van der Waals surface area contributed by atoms with Crippen LogP contribution in [-0.2, 0) is 14.6 Å². The van der Waals surface area contributed by atoms with Crippen LogP contribution >= 0.6 is 0 Å². The summed E-state index contributed by atoms with van der Waals surface area (Å²) < 4.78 is 29.4. The van der Waals surface area contributed by atoms with E-state index in [-0.39, 0.29) is 17.2 Å². The summed E-state index contributed by atoms with van der Waals surface area (Å²) in [5, 5.41) is -0.847. The predicted octanol–water partition coefficient (Wildman–Crippen LogP) is 4.19. The maximum atomic E-state index is 13.5. The van der Waals surface area contributed by atoms with Gasteiger partial charge in [0.25, 0.3) is 0 Å². The molecule has 0 aliphatic rings. The summed E-state index contributed by atoms with van der Waals surface area (Å²) >= 11 is -0.698. The molecule has 2 rings (SSSR count). The van der Waals surface area contributed by atoms with Gasteiger partial charge < -0.3 is 0 Å². The van der Waals surface area contributed by atoms with Crippen LogP contribution in [-0.4, -0.2) is 59.5 Å². The van der Waals surface area contributed by atoms with E-state index in [9.17, 15) is 13.2 Å². The molecule has 2 aromatic rings. The fraction of sp³-hybridized carbons (Fsp3) is 0.400. The molecule has 4 nitrogen and oxygen atoms in total. The zero-order valence-corrected chi connectivity index (χ0v) is 21.8. The van der Waals surface area contributed by atoms with Crippen molar-refractivity contribution in [3.05, 3.63) is 70.4 Å². The first-order chi connectivity index (χ1) is 14.8. The van der Waals surface area contributed by atoms with Crippen molar-refractivity contribution in [1.82, 2.24) is 4.90 Å². The van der Waals surface area contributed by atoms with Crippen LogP contribution in [0.1, 0.15) is 45.4 Å². The van der Waals surface area contributed by atoms with Gasteiger partial charge in [-0.15, -0.1) is 0 Å². The maximum absolute atomic E-state index is 13.5. The molecule has 0 fully saturated rings. The van der Waals surface area contributed by atoms with Gasteiger partial charge in [-0.2, -0.15) is 0 Å². The summed E-state index contributed by atoms with van der Waals surface area (Å²) in [7, 11) is -0.318. The second-order valence-electron chi connectivity index (χ2n) is 7.75. The van der Waals surface area contributed by atoms with Crippen molar-refractivity contribution >= 4 is 40.3 Å². The van der Waals surface area contributed by atoms with E-state index in [4.69, 9.17) is 0 Å². The number of allylic oxidation sites excluding steroid dienone is 1. The molecule has 0 heterocycles. The van der Waals surface area contributed by atoms with E-state index in [0.29, 0.717) is 0 Å². The van der Waals surface area contributed by atoms with Crippen LogP contribution in [0.25, 0.3) is 0 Å². The van der Waals surface area contributed by atoms with E-state index in [0.717, 1.165) is 25.7 Å². The van der Waals surface area contributed by atoms with Crippen LogP contribution in [0.15, 0.2) is 75.3 Å². The van der Waals surface area contributed by atoms with Crippen molar-refractivity contribution in [3.8, 4) is 0 Å². The van der Waals surface area contributed by atoms with Gasteiger partial charge in [0.15, 0.2) is 0 Å². The quantitative estimate of drug-likeness (QED) is 0.292. The zero-order valence-electron chi connectivity index (χ0n) is 18.7. The van der Waals surface area contributed by atoms with Gasteiger partial charge in [0.05, 0.1) is 0 Å². The fourth-order valence-corrected chi connectivity index (χ4v) is 8.07. The summed E-state index contributed by atoms with van der Waals surface area (Å²) in [4.78, 5) is 14.3. The number of carbonyl (C=O) groups is 1. The molecule has 1 amide bonds. The fourth-order valence-electron chi connectivity index (χ4n) is 3.14. The van der Waals surface area contributed by atoms with Gasteiger partial charge in [-0.25, -0.2) is 0 Å². The minimum atomic E-state index is -3.66. The Kier molecular flexibility index (Phi) is 10.8. The van der Waals surface area contributed by atoms with Crippen LogP contribution in [0.4, 0.5) is 0 Å². The van der Waals surface area contributed by atoms with Crippen molar-refractivity contribution in [2.75, 3.05) is 14.1 Å². The number of unbranched alkanes of at least 4 members (excludes halogenated alkanes) is 3. The Morgan fingerprint density at radius 2 is 1.58 bits per heavy atom. The molecule has 0 saturated heterocycles. The van der Waals surface area contributed by atoms with E-state index in [1.807, 2.05) is 24.3 Å². The summed E-state index contributed by atoms with van der Waals surface area (Å²) in [5.41, 5.74) is 0. The molecule has 31 heavy (non-hydrogen) atoms. The summed E-state index contributed by atoms with van der Waals surface area (Å²) in [5.74, 6) is -0.175. The average molecular weight is 555 g/mol. The molecular weight excluding hydrogens is 522 g/mol. The Labute approximate surface area is 197 Å². The SMILES string of the molecule is CCCCCC/C(=C\C(CC(=O)N(C)C)S(=O)(=O)c1ccccc1)[Te]c1ccccc1. The number of carbonyl (C=O) groups excluding carboxylic acids is 1. The first-order valence-electron chi connectivity index (χ1n) is 10.8. The third-order valence-corrected chi connectivity index (χ3v) is 10.2. The Morgan fingerprint density at radius 3 is 2.16 bits per heavy atom. The van der Waals surface area contributed by atoms with Crippen molar-refractivity contribution in [1.29, 1.82) is 0 Å². The van der Waals surface area contributed by atoms with Gasteiger partial charge in [-0.05, 0) is 0 Å². The molecule has 0 spiro atoms. The third-order valence-electron chi connectivity index (χ3n) is 4.99. The van der Waals surface area contributed by atoms with E-state index in [2.05, 4.69) is 19.1 Å². The van der Waals surface area contributed by atoms with Crippen LogP contribution in [0.2, 0.25) is 0 Å². The monoisotopic (exact) mass is 557 g/mol. The number of rotatable bonds is 12. The van der Waals surface area contributed by atoms with Gasteiger partial charge in [-0.3, -0.25) is 0 Å². The topological polar surface area (TPSA) is 54.5 Å². The Balaban J connectivity index is 2.40. The van der Waals surface area contributed by atoms with E-state index >= 15 is 0 Å². The summed E-state index contributed by atoms with van der Waals surface area (Å²) in [6.45, 7) is 2.18. The molecule has 0 N–H and O–H groups in total. The van der Waals surface area contributed by atoms with Crippen LogP contribution in [0.3, 0.4) is 0 Å². The van der Waals surface area contributed by atoms with Crippen molar-refractivity contribution in [2.24, 2.45) is 0 Å². The van der Waals surface area contributed by atoms with E-state index in [1.165, 1.54) is 18.6 Å². The first kappa shape index (κ1) is 25.6. The number of benzene rings is 2. The summed E-state index contributed by atoms with van der Waals surface area (Å²) in [6, 6.07) is 18.8. The third kappa shape index (κ3) is 8.44. The molecule has 0 aromatic heterocycles. The van der Waals surface area contributed by atoms with Gasteiger partial charge in [0.1, 0.15) is 0 Å². The first-order valence-corrected chi connectivity index (χ1v) is 14.6. The van der Waals surface area contributed by atoms with Crippen LogP contribution < -0.4 is 3.61 Å². The Morgan fingerprint density at radius 1 is 0.968 bits per heavy atom. The predicted molar refractivity (Wildman–Crippen MR) is 129 cm³/mol. The molecule has 0 saturated carbocycles. The zero-order chi connectivity index (χ0) is 22.7. The number of sulfone groups is 1. The minimum absolute atomic E-state index is 0.0373. The van der Waals surface area contributed by atoms with Crippen molar-refractivity contribution < 1.29 is 13.2 Å². The molecule has 1 atom stereocenters. The molecule has 0 radical (unpaired) electrons. The molecule has 0 aliphatic carbocycles. The van der Waals surface area contributed by atoms with Crippen LogP contribution in [0, 0.1) is 0 Å². The van der Waals surface area contributed by atoms with Gasteiger partial charge in [0, 0.05) is 0 Å². The number of hydrogen-bond donors (Lipinski definition) is 0. The van der Waals surface area contributed by atoms with Crippen LogP contribution in [0.5, 0.6) is 0 Å². The van der Waals surface area contributed by atoms with E-state index in [1.54, 1.807) is 44.4 Å². The Hall–Kier alpha value is -1.61. The average Bonchev–Trinajstić information content (AvgIpc) is 2.77. The Bertz CT molecular complexity index is 941. The summed E-state index contributed by atoms with van der Waals surface area (Å²) in [6.07, 6.45) is 7.31. The van der Waals surface area contributed by atoms with E-state index < -0.39 is 36.0 Å². The normalized spacial score (nSPS) is 13.1. The molecule has 2 aromatic carbocycles. The molecular formula is C25H33NO3STe. The second kappa shape index (κ2) is 13.1. The van der Waals surface area contributed by atoms with Gasteiger partial charge in [-0.1, -0.05) is 0 Å². The molecule has 6 heteroatoms. The molecule has 168 valence electrons. The number of nitrogens with zero attached hydrogens (tertiary/aromatic N) is 1. The standard InChI is InChI=1S/C25H33NO3STe/c1-4-5-6-11-18-24(31-23-16-12-8-13-17-23)19-22(20-25(27)26(2)3)30(28,29)21-14-9-7-10-15-21/h7-10,12-17,19,22H,4-6,11,18,20H2,1-3H3/b24-19+.